The molecule has 0 saturated heterocycles. The topological polar surface area (TPSA) is 44.1 Å². The van der Waals surface area contributed by atoms with Crippen LogP contribution in [0.4, 0.5) is 13.2 Å². The number of aldehydes is 1. The summed E-state index contributed by atoms with van der Waals surface area (Å²) in [5, 5.41) is 5.07. The maximum absolute atomic E-state index is 13.4. The summed E-state index contributed by atoms with van der Waals surface area (Å²) in [7, 11) is 1.32. The number of aromatic nitrogens is 2. The molecule has 25 heavy (non-hydrogen) atoms. The van der Waals surface area contributed by atoms with Crippen molar-refractivity contribution in [1.82, 2.24) is 9.78 Å². The number of fused-ring (bicyclic) bond motifs is 1. The molecule has 0 atom stereocenters. The molecule has 3 aromatic rings. The van der Waals surface area contributed by atoms with E-state index in [0.29, 0.717) is 16.8 Å². The Hall–Kier alpha value is -2.83. The molecule has 4 nitrogen and oxygen atoms in total. The van der Waals surface area contributed by atoms with Gasteiger partial charge in [-0.25, -0.2) is 0 Å². The van der Waals surface area contributed by atoms with E-state index in [0.717, 1.165) is 17.7 Å². The van der Waals surface area contributed by atoms with Crippen molar-refractivity contribution < 1.29 is 22.7 Å². The first-order valence-electron chi connectivity index (χ1n) is 7.50. The summed E-state index contributed by atoms with van der Waals surface area (Å²) in [4.78, 5) is 10.9. The van der Waals surface area contributed by atoms with Crippen LogP contribution in [0.25, 0.3) is 10.9 Å². The predicted molar refractivity (Wildman–Crippen MR) is 87.0 cm³/mol. The average Bonchev–Trinajstić information content (AvgIpc) is 2.89. The minimum absolute atomic E-state index is 0.0381. The minimum atomic E-state index is -4.49. The number of nitrogens with zero attached hydrogens (tertiary/aromatic N) is 2. The molecule has 0 radical (unpaired) electrons. The number of rotatable bonds is 4. The molecule has 0 bridgehead atoms. The van der Waals surface area contributed by atoms with E-state index >= 15 is 0 Å². The summed E-state index contributed by atoms with van der Waals surface area (Å²) in [5.74, 6) is 0.146. The van der Waals surface area contributed by atoms with Crippen molar-refractivity contribution in [3.05, 3.63) is 58.8 Å². The van der Waals surface area contributed by atoms with Crippen LogP contribution >= 0.6 is 0 Å². The van der Waals surface area contributed by atoms with Crippen LogP contribution in [0.3, 0.4) is 0 Å². The number of hydrogen-bond acceptors (Lipinski definition) is 3. The van der Waals surface area contributed by atoms with Crippen molar-refractivity contribution in [2.75, 3.05) is 7.11 Å². The van der Waals surface area contributed by atoms with Crippen molar-refractivity contribution in [1.29, 1.82) is 0 Å². The second-order valence-electron chi connectivity index (χ2n) is 5.66. The number of methoxy groups -OCH3 is 1. The zero-order chi connectivity index (χ0) is 18.2. The van der Waals surface area contributed by atoms with E-state index in [9.17, 15) is 18.0 Å². The highest BCUT2D eigenvalue weighted by Gasteiger charge is 2.34. The van der Waals surface area contributed by atoms with Crippen LogP contribution in [0, 0.1) is 6.92 Å². The average molecular weight is 348 g/mol. The summed E-state index contributed by atoms with van der Waals surface area (Å²) in [6.45, 7) is 1.72. The van der Waals surface area contributed by atoms with Gasteiger partial charge in [0.1, 0.15) is 12.0 Å². The molecular weight excluding hydrogens is 333 g/mol. The molecule has 0 spiro atoms. The molecule has 0 N–H and O–H groups in total. The third kappa shape index (κ3) is 3.22. The first-order chi connectivity index (χ1) is 11.8. The first kappa shape index (κ1) is 17.0. The van der Waals surface area contributed by atoms with Gasteiger partial charge in [0.05, 0.1) is 30.4 Å². The normalized spacial score (nSPS) is 11.7. The summed E-state index contributed by atoms with van der Waals surface area (Å²) < 4.78 is 46.5. The lowest BCUT2D eigenvalue weighted by atomic mass is 10.1. The summed E-state index contributed by atoms with van der Waals surface area (Å²) >= 11 is 0. The molecule has 0 fully saturated rings. The highest BCUT2D eigenvalue weighted by Crippen LogP contribution is 2.35. The van der Waals surface area contributed by atoms with E-state index in [1.165, 1.54) is 23.9 Å². The minimum Gasteiger partial charge on any atom is -0.497 e. The van der Waals surface area contributed by atoms with Gasteiger partial charge < -0.3 is 4.74 Å². The Morgan fingerprint density at radius 1 is 1.20 bits per heavy atom. The van der Waals surface area contributed by atoms with Crippen molar-refractivity contribution in [3.63, 3.8) is 0 Å². The molecule has 2 aromatic carbocycles. The fourth-order valence-corrected chi connectivity index (χ4v) is 2.80. The molecule has 0 amide bonds. The highest BCUT2D eigenvalue weighted by molar-refractivity contribution is 5.88. The summed E-state index contributed by atoms with van der Waals surface area (Å²) in [5.41, 5.74) is 1.17. The lowest BCUT2D eigenvalue weighted by Gasteiger charge is -2.14. The van der Waals surface area contributed by atoms with E-state index < -0.39 is 11.7 Å². The van der Waals surface area contributed by atoms with E-state index in [1.54, 1.807) is 25.1 Å². The highest BCUT2D eigenvalue weighted by atomic mass is 19.4. The molecule has 0 aliphatic rings. The van der Waals surface area contributed by atoms with Gasteiger partial charge in [-0.2, -0.15) is 18.3 Å². The summed E-state index contributed by atoms with van der Waals surface area (Å²) in [6, 6.07) is 8.86. The van der Waals surface area contributed by atoms with Crippen molar-refractivity contribution in [2.45, 2.75) is 19.6 Å². The Bertz CT molecular complexity index is 945. The largest absolute Gasteiger partial charge is 0.497 e. The van der Waals surface area contributed by atoms with Gasteiger partial charge in [-0.1, -0.05) is 6.07 Å². The van der Waals surface area contributed by atoms with Crippen molar-refractivity contribution in [3.8, 4) is 5.75 Å². The van der Waals surface area contributed by atoms with Gasteiger partial charge in [-0.3, -0.25) is 9.48 Å². The van der Waals surface area contributed by atoms with Gasteiger partial charge in [-0.05, 0) is 42.8 Å². The van der Waals surface area contributed by atoms with E-state index in [-0.39, 0.29) is 17.9 Å². The SMILES string of the molecule is COc1ccc(Cn2nc(C)c3cc(C=O)ccc32)c(C(F)(F)F)c1. The van der Waals surface area contributed by atoms with Gasteiger partial charge in [0.15, 0.2) is 0 Å². The number of hydrogen-bond donors (Lipinski definition) is 0. The zero-order valence-corrected chi connectivity index (χ0v) is 13.6. The standard InChI is InChI=1S/C18H15F3N2O2/c1-11-15-7-12(10-24)3-6-17(15)23(22-11)9-13-4-5-14(25-2)8-16(13)18(19,20)21/h3-8,10H,9H2,1-2H3. The third-order valence-corrected chi connectivity index (χ3v) is 4.04. The molecule has 0 unspecified atom stereocenters. The molecular formula is C18H15F3N2O2. The second-order valence-corrected chi connectivity index (χ2v) is 5.66. The van der Waals surface area contributed by atoms with E-state index in [4.69, 9.17) is 4.74 Å². The van der Waals surface area contributed by atoms with Crippen LogP contribution in [0.15, 0.2) is 36.4 Å². The maximum atomic E-state index is 13.4. The van der Waals surface area contributed by atoms with Crippen LogP contribution < -0.4 is 4.74 Å². The number of carbonyl (C=O) groups is 1. The Morgan fingerprint density at radius 3 is 2.60 bits per heavy atom. The van der Waals surface area contributed by atoms with Crippen LogP contribution in [0.1, 0.15) is 27.2 Å². The van der Waals surface area contributed by atoms with Crippen LogP contribution in [0.2, 0.25) is 0 Å². The Kier molecular flexibility index (Phi) is 4.24. The molecule has 3 rings (SSSR count). The van der Waals surface area contributed by atoms with Gasteiger partial charge in [0.25, 0.3) is 0 Å². The van der Waals surface area contributed by atoms with Gasteiger partial charge in [0, 0.05) is 10.9 Å². The lowest BCUT2D eigenvalue weighted by molar-refractivity contribution is -0.138. The van der Waals surface area contributed by atoms with Gasteiger partial charge >= 0.3 is 6.18 Å². The van der Waals surface area contributed by atoms with E-state index in [1.807, 2.05) is 0 Å². The predicted octanol–water partition coefficient (Wildman–Crippen LogP) is 4.23. The number of carbonyl (C=O) groups excluding carboxylic acids is 1. The molecule has 0 aliphatic heterocycles. The number of alkyl halides is 3. The molecule has 7 heteroatoms. The summed E-state index contributed by atoms with van der Waals surface area (Å²) in [6.07, 6.45) is -3.77. The lowest BCUT2D eigenvalue weighted by Crippen LogP contribution is -2.12. The van der Waals surface area contributed by atoms with E-state index in [2.05, 4.69) is 5.10 Å². The number of aryl methyl sites for hydroxylation is 1. The number of benzene rings is 2. The monoisotopic (exact) mass is 348 g/mol. The Balaban J connectivity index is 2.09. The first-order valence-corrected chi connectivity index (χ1v) is 7.50. The Labute approximate surface area is 141 Å². The molecule has 1 heterocycles. The molecule has 0 aliphatic carbocycles. The van der Waals surface area contributed by atoms with Crippen LogP contribution in [0.5, 0.6) is 5.75 Å². The molecule has 1 aromatic heterocycles. The zero-order valence-electron chi connectivity index (χ0n) is 13.6. The van der Waals surface area contributed by atoms with Gasteiger partial charge in [0.2, 0.25) is 0 Å². The Morgan fingerprint density at radius 2 is 1.96 bits per heavy atom. The maximum Gasteiger partial charge on any atom is 0.416 e. The van der Waals surface area contributed by atoms with Crippen LogP contribution in [-0.4, -0.2) is 23.2 Å². The fourth-order valence-electron chi connectivity index (χ4n) is 2.80. The molecule has 0 saturated carbocycles. The second kappa shape index (κ2) is 6.23. The number of ether oxygens (including phenoxy) is 1. The third-order valence-electron chi connectivity index (χ3n) is 4.04. The van der Waals surface area contributed by atoms with Crippen LogP contribution in [-0.2, 0) is 12.7 Å². The number of halogens is 3. The quantitative estimate of drug-likeness (QED) is 0.663. The van der Waals surface area contributed by atoms with Gasteiger partial charge in [-0.15, -0.1) is 0 Å². The fraction of sp³-hybridized carbons (Fsp3) is 0.222. The van der Waals surface area contributed by atoms with Crippen molar-refractivity contribution in [2.24, 2.45) is 0 Å². The smallest absolute Gasteiger partial charge is 0.416 e. The van der Waals surface area contributed by atoms with Crippen molar-refractivity contribution >= 4 is 17.2 Å². The molecule has 130 valence electrons.